The van der Waals surface area contributed by atoms with Crippen LogP contribution < -0.4 is 0 Å². The Morgan fingerprint density at radius 2 is 2.12 bits per heavy atom. The molecule has 0 heterocycles. The predicted octanol–water partition coefficient (Wildman–Crippen LogP) is 3.00. The van der Waals surface area contributed by atoms with E-state index in [2.05, 4.69) is 0 Å². The second-order valence-corrected chi connectivity index (χ2v) is 1.79. The Balaban J connectivity index is 4.00. The van der Waals surface area contributed by atoms with Crippen LogP contribution in [0.5, 0.6) is 0 Å². The van der Waals surface area contributed by atoms with Gasteiger partial charge in [0.25, 0.3) is 0 Å². The minimum atomic E-state index is -0.343. The van der Waals surface area contributed by atoms with Crippen molar-refractivity contribution in [3.63, 3.8) is 0 Å². The Morgan fingerprint density at radius 3 is 2.25 bits per heavy atom. The van der Waals surface area contributed by atoms with Crippen molar-refractivity contribution in [3.05, 3.63) is 23.0 Å². The third kappa shape index (κ3) is 2.80. The third-order valence-corrected chi connectivity index (χ3v) is 1.03. The fraction of sp³-hybridized carbons (Fsp3) is 0.333. The predicted molar refractivity (Wildman–Crippen MR) is 34.5 cm³/mol. The van der Waals surface area contributed by atoms with Gasteiger partial charge in [-0.15, -0.1) is 0 Å². The molecule has 0 spiro atoms. The van der Waals surface area contributed by atoms with E-state index in [1.165, 1.54) is 13.0 Å². The minimum absolute atomic E-state index is 0.174. The molecule has 2 heteroatoms. The summed E-state index contributed by atoms with van der Waals surface area (Å²) in [6, 6.07) is 0. The molecule has 0 atom stereocenters. The van der Waals surface area contributed by atoms with Gasteiger partial charge in [-0.1, -0.05) is 17.7 Å². The lowest BCUT2D eigenvalue weighted by atomic mass is 10.4. The molecule has 8 heavy (non-hydrogen) atoms. The van der Waals surface area contributed by atoms with Gasteiger partial charge >= 0.3 is 0 Å². The van der Waals surface area contributed by atoms with Crippen molar-refractivity contribution in [2.24, 2.45) is 0 Å². The Labute approximate surface area is 53.7 Å². The average Bonchev–Trinajstić information content (AvgIpc) is 1.67. The molecule has 0 unspecified atom stereocenters. The first-order valence-corrected chi connectivity index (χ1v) is 2.71. The van der Waals surface area contributed by atoms with E-state index in [4.69, 9.17) is 11.6 Å². The van der Waals surface area contributed by atoms with Gasteiger partial charge in [-0.3, -0.25) is 0 Å². The largest absolute Gasteiger partial charge is 0.211 e. The SMILES string of the molecule is CC=CC(Cl)=C(C)F. The van der Waals surface area contributed by atoms with Crippen molar-refractivity contribution in [3.8, 4) is 0 Å². The Kier molecular flexibility index (Phi) is 3.53. The highest BCUT2D eigenvalue weighted by Crippen LogP contribution is 2.10. The first-order valence-electron chi connectivity index (χ1n) is 2.33. The molecule has 0 N–H and O–H groups in total. The van der Waals surface area contributed by atoms with Crippen LogP contribution >= 0.6 is 11.6 Å². The van der Waals surface area contributed by atoms with Crippen LogP contribution in [0.15, 0.2) is 23.0 Å². The van der Waals surface area contributed by atoms with E-state index < -0.39 is 0 Å². The zero-order chi connectivity index (χ0) is 6.57. The molecule has 0 aromatic rings. The molecule has 0 aromatic carbocycles. The molecule has 0 saturated heterocycles. The number of hydrogen-bond donors (Lipinski definition) is 0. The van der Waals surface area contributed by atoms with E-state index in [9.17, 15) is 4.39 Å². The summed E-state index contributed by atoms with van der Waals surface area (Å²) in [7, 11) is 0. The number of rotatable bonds is 1. The summed E-state index contributed by atoms with van der Waals surface area (Å²) in [5, 5.41) is 0.174. The van der Waals surface area contributed by atoms with Gasteiger partial charge in [0.15, 0.2) is 0 Å². The van der Waals surface area contributed by atoms with Crippen LogP contribution in [-0.2, 0) is 0 Å². The van der Waals surface area contributed by atoms with Crippen LogP contribution in [0.2, 0.25) is 0 Å². The number of halogens is 2. The first kappa shape index (κ1) is 7.70. The van der Waals surface area contributed by atoms with Crippen LogP contribution in [0.3, 0.4) is 0 Å². The molecule has 0 rings (SSSR count). The lowest BCUT2D eigenvalue weighted by molar-refractivity contribution is 0.638. The minimum Gasteiger partial charge on any atom is -0.211 e. The fourth-order valence-electron chi connectivity index (χ4n) is 0.261. The highest BCUT2D eigenvalue weighted by atomic mass is 35.5. The second-order valence-electron chi connectivity index (χ2n) is 1.38. The summed E-state index contributed by atoms with van der Waals surface area (Å²) in [5.74, 6) is -0.343. The molecule has 0 radical (unpaired) electrons. The summed E-state index contributed by atoms with van der Waals surface area (Å²) < 4.78 is 12.0. The maximum Gasteiger partial charge on any atom is 0.115 e. The zero-order valence-corrected chi connectivity index (χ0v) is 5.67. The maximum atomic E-state index is 12.0. The summed E-state index contributed by atoms with van der Waals surface area (Å²) >= 11 is 5.33. The standard InChI is InChI=1S/C6H8ClF/c1-3-4-6(7)5(2)8/h3-4H,1-2H3. The summed E-state index contributed by atoms with van der Waals surface area (Å²) in [6.45, 7) is 3.10. The fourth-order valence-corrected chi connectivity index (χ4v) is 0.387. The van der Waals surface area contributed by atoms with Gasteiger partial charge in [0, 0.05) is 0 Å². The van der Waals surface area contributed by atoms with Crippen molar-refractivity contribution in [2.75, 3.05) is 0 Å². The van der Waals surface area contributed by atoms with Crippen LogP contribution in [0, 0.1) is 0 Å². The van der Waals surface area contributed by atoms with Crippen LogP contribution in [0.25, 0.3) is 0 Å². The lowest BCUT2D eigenvalue weighted by Crippen LogP contribution is -1.65. The van der Waals surface area contributed by atoms with Crippen molar-refractivity contribution < 1.29 is 4.39 Å². The van der Waals surface area contributed by atoms with Gasteiger partial charge in [-0.05, 0) is 19.9 Å². The van der Waals surface area contributed by atoms with Crippen LogP contribution in [-0.4, -0.2) is 0 Å². The Bertz CT molecular complexity index is 120. The van der Waals surface area contributed by atoms with Gasteiger partial charge in [0.05, 0.1) is 5.03 Å². The normalized spacial score (nSPS) is 14.5. The highest BCUT2D eigenvalue weighted by molar-refractivity contribution is 6.31. The smallest absolute Gasteiger partial charge is 0.115 e. The molecular weight excluding hydrogens is 127 g/mol. The zero-order valence-electron chi connectivity index (χ0n) is 4.91. The average molecular weight is 135 g/mol. The first-order chi connectivity index (χ1) is 3.68. The quantitative estimate of drug-likeness (QED) is 0.484. The summed E-state index contributed by atoms with van der Waals surface area (Å²) in [4.78, 5) is 0. The van der Waals surface area contributed by atoms with Crippen molar-refractivity contribution in [1.82, 2.24) is 0 Å². The van der Waals surface area contributed by atoms with Gasteiger partial charge in [0.2, 0.25) is 0 Å². The summed E-state index contributed by atoms with van der Waals surface area (Å²) in [6.07, 6.45) is 3.20. The van der Waals surface area contributed by atoms with Crippen LogP contribution in [0.4, 0.5) is 4.39 Å². The lowest BCUT2D eigenvalue weighted by Gasteiger charge is -1.84. The van der Waals surface area contributed by atoms with E-state index in [0.29, 0.717) is 0 Å². The molecular formula is C6H8ClF. The van der Waals surface area contributed by atoms with E-state index in [1.807, 2.05) is 0 Å². The van der Waals surface area contributed by atoms with Gasteiger partial charge < -0.3 is 0 Å². The molecule has 0 saturated carbocycles. The molecule has 0 aromatic heterocycles. The molecule has 0 aliphatic heterocycles. The highest BCUT2D eigenvalue weighted by Gasteiger charge is 1.88. The Hall–Kier alpha value is -0.300. The topological polar surface area (TPSA) is 0 Å². The van der Waals surface area contributed by atoms with Gasteiger partial charge in [-0.2, -0.15) is 0 Å². The molecule has 0 aliphatic rings. The third-order valence-electron chi connectivity index (χ3n) is 0.642. The monoisotopic (exact) mass is 134 g/mol. The van der Waals surface area contributed by atoms with Crippen molar-refractivity contribution >= 4 is 11.6 Å². The van der Waals surface area contributed by atoms with E-state index in [1.54, 1.807) is 13.0 Å². The van der Waals surface area contributed by atoms with E-state index in [0.717, 1.165) is 0 Å². The second kappa shape index (κ2) is 3.67. The molecule has 0 aliphatic carbocycles. The molecule has 0 fully saturated rings. The number of allylic oxidation sites excluding steroid dienone is 4. The van der Waals surface area contributed by atoms with E-state index >= 15 is 0 Å². The maximum absolute atomic E-state index is 12.0. The molecule has 0 bridgehead atoms. The van der Waals surface area contributed by atoms with Crippen LogP contribution in [0.1, 0.15) is 13.8 Å². The molecule has 0 nitrogen and oxygen atoms in total. The van der Waals surface area contributed by atoms with Gasteiger partial charge in [-0.25, -0.2) is 4.39 Å². The van der Waals surface area contributed by atoms with E-state index in [-0.39, 0.29) is 10.9 Å². The van der Waals surface area contributed by atoms with Gasteiger partial charge in [0.1, 0.15) is 5.83 Å². The van der Waals surface area contributed by atoms with Crippen molar-refractivity contribution in [1.29, 1.82) is 0 Å². The molecule has 46 valence electrons. The Morgan fingerprint density at radius 1 is 1.62 bits per heavy atom. The summed E-state index contributed by atoms with van der Waals surface area (Å²) in [5.41, 5.74) is 0. The number of hydrogen-bond acceptors (Lipinski definition) is 0. The molecule has 0 amide bonds. The van der Waals surface area contributed by atoms with Crippen molar-refractivity contribution in [2.45, 2.75) is 13.8 Å².